The highest BCUT2D eigenvalue weighted by Crippen LogP contribution is 2.34. The van der Waals surface area contributed by atoms with Crippen molar-refractivity contribution in [1.29, 1.82) is 0 Å². The highest BCUT2D eigenvalue weighted by Gasteiger charge is 2.33. The number of thioether (sulfide) groups is 1. The number of hydrogen-bond acceptors (Lipinski definition) is 7. The molecule has 1 fully saturated rings. The summed E-state index contributed by atoms with van der Waals surface area (Å²) in [5.41, 5.74) is 3.60. The van der Waals surface area contributed by atoms with Crippen LogP contribution in [0, 0.1) is 0 Å². The third kappa shape index (κ3) is 5.05. The second kappa shape index (κ2) is 9.55. The number of nitrogens with one attached hydrogen (secondary N) is 1. The van der Waals surface area contributed by atoms with Gasteiger partial charge in [0.1, 0.15) is 0 Å². The number of esters is 1. The molecule has 154 valence electrons. The quantitative estimate of drug-likeness (QED) is 0.317. The molecule has 7 nitrogen and oxygen atoms in total. The van der Waals surface area contributed by atoms with Gasteiger partial charge in [-0.1, -0.05) is 36.0 Å². The molecule has 0 saturated carbocycles. The third-order valence-electron chi connectivity index (χ3n) is 3.86. The van der Waals surface area contributed by atoms with Crippen LogP contribution >= 0.6 is 24.0 Å². The molecule has 9 heteroatoms. The van der Waals surface area contributed by atoms with Gasteiger partial charge in [-0.15, -0.1) is 0 Å². The minimum Gasteiger partial charge on any atom is -0.490 e. The van der Waals surface area contributed by atoms with E-state index in [0.717, 1.165) is 16.8 Å². The van der Waals surface area contributed by atoms with Gasteiger partial charge in [-0.2, -0.15) is 5.01 Å². The van der Waals surface area contributed by atoms with Gasteiger partial charge in [0.05, 0.1) is 11.5 Å². The molecular weight excluding hydrogens is 424 g/mol. The molecule has 0 bridgehead atoms. The first-order valence-electron chi connectivity index (χ1n) is 8.98. The Labute approximate surface area is 183 Å². The van der Waals surface area contributed by atoms with Crippen LogP contribution in [0.25, 0.3) is 6.08 Å². The van der Waals surface area contributed by atoms with Crippen molar-refractivity contribution in [3.05, 3.63) is 64.6 Å². The molecule has 0 aromatic heterocycles. The lowest BCUT2D eigenvalue weighted by atomic mass is 10.2. The lowest BCUT2D eigenvalue weighted by molar-refractivity contribution is -0.132. The fraction of sp³-hybridized carbons (Fsp3) is 0.143. The Kier molecular flexibility index (Phi) is 6.86. The van der Waals surface area contributed by atoms with Gasteiger partial charge in [-0.3, -0.25) is 19.8 Å². The average molecular weight is 443 g/mol. The van der Waals surface area contributed by atoms with Gasteiger partial charge in [0.15, 0.2) is 15.8 Å². The molecule has 0 atom stereocenters. The number of ether oxygens (including phenoxy) is 2. The molecule has 0 radical (unpaired) electrons. The van der Waals surface area contributed by atoms with Crippen LogP contribution in [-0.4, -0.2) is 33.7 Å². The first kappa shape index (κ1) is 21.5. The van der Waals surface area contributed by atoms with Crippen molar-refractivity contribution in [2.75, 3.05) is 6.61 Å². The van der Waals surface area contributed by atoms with E-state index in [-0.39, 0.29) is 4.32 Å². The molecule has 0 spiro atoms. The molecule has 1 heterocycles. The molecule has 1 aliphatic rings. The summed E-state index contributed by atoms with van der Waals surface area (Å²) in [5.74, 6) is -0.647. The van der Waals surface area contributed by atoms with Crippen molar-refractivity contribution in [2.24, 2.45) is 0 Å². The Morgan fingerprint density at radius 2 is 1.90 bits per heavy atom. The Balaban J connectivity index is 1.80. The summed E-state index contributed by atoms with van der Waals surface area (Å²) < 4.78 is 10.9. The Bertz CT molecular complexity index is 1040. The molecule has 30 heavy (non-hydrogen) atoms. The van der Waals surface area contributed by atoms with Crippen LogP contribution in [0.1, 0.15) is 29.8 Å². The number of benzene rings is 2. The second-order valence-corrected chi connectivity index (χ2v) is 7.73. The van der Waals surface area contributed by atoms with Crippen molar-refractivity contribution in [2.45, 2.75) is 13.8 Å². The van der Waals surface area contributed by atoms with Crippen LogP contribution in [0.5, 0.6) is 11.5 Å². The normalized spacial score (nSPS) is 14.7. The lowest BCUT2D eigenvalue weighted by Gasteiger charge is -2.15. The summed E-state index contributed by atoms with van der Waals surface area (Å²) in [4.78, 5) is 36.7. The monoisotopic (exact) mass is 442 g/mol. The van der Waals surface area contributed by atoms with Crippen LogP contribution in [-0.2, 0) is 9.59 Å². The van der Waals surface area contributed by atoms with Gasteiger partial charge in [0, 0.05) is 12.5 Å². The van der Waals surface area contributed by atoms with Gasteiger partial charge in [0.25, 0.3) is 11.8 Å². The number of rotatable bonds is 6. The largest absolute Gasteiger partial charge is 0.490 e. The Morgan fingerprint density at radius 1 is 1.17 bits per heavy atom. The van der Waals surface area contributed by atoms with Crippen molar-refractivity contribution in [1.82, 2.24) is 10.4 Å². The van der Waals surface area contributed by atoms with E-state index >= 15 is 0 Å². The highest BCUT2D eigenvalue weighted by atomic mass is 32.2. The Morgan fingerprint density at radius 3 is 2.57 bits per heavy atom. The smallest absolute Gasteiger partial charge is 0.308 e. The first-order chi connectivity index (χ1) is 14.4. The Hall–Kier alpha value is -3.17. The van der Waals surface area contributed by atoms with Gasteiger partial charge in [-0.25, -0.2) is 0 Å². The summed E-state index contributed by atoms with van der Waals surface area (Å²) in [7, 11) is 0. The maximum Gasteiger partial charge on any atom is 0.308 e. The topological polar surface area (TPSA) is 84.9 Å². The van der Waals surface area contributed by atoms with E-state index in [1.54, 1.807) is 54.6 Å². The van der Waals surface area contributed by atoms with Crippen LogP contribution in [0.3, 0.4) is 0 Å². The second-order valence-electron chi connectivity index (χ2n) is 6.06. The predicted octanol–water partition coefficient (Wildman–Crippen LogP) is 3.56. The number of amides is 2. The molecular formula is C21H18N2O5S2. The molecule has 1 N–H and O–H groups in total. The van der Waals surface area contributed by atoms with Crippen molar-refractivity contribution >= 4 is 52.2 Å². The van der Waals surface area contributed by atoms with E-state index in [1.807, 2.05) is 6.92 Å². The van der Waals surface area contributed by atoms with E-state index in [0.29, 0.717) is 34.1 Å². The van der Waals surface area contributed by atoms with Crippen LogP contribution < -0.4 is 14.9 Å². The number of hydrazine groups is 1. The van der Waals surface area contributed by atoms with Crippen molar-refractivity contribution in [3.63, 3.8) is 0 Å². The summed E-state index contributed by atoms with van der Waals surface area (Å²) in [5, 5.41) is 1.05. The molecule has 0 unspecified atom stereocenters. The first-order valence-corrected chi connectivity index (χ1v) is 10.2. The number of carbonyl (C=O) groups is 3. The molecule has 0 aliphatic carbocycles. The molecule has 2 aromatic rings. The fourth-order valence-electron chi connectivity index (χ4n) is 2.59. The van der Waals surface area contributed by atoms with Gasteiger partial charge >= 0.3 is 5.97 Å². The third-order valence-corrected chi connectivity index (χ3v) is 5.16. The van der Waals surface area contributed by atoms with Gasteiger partial charge in [0.2, 0.25) is 0 Å². The minimum absolute atomic E-state index is 0.220. The highest BCUT2D eigenvalue weighted by molar-refractivity contribution is 8.26. The van der Waals surface area contributed by atoms with E-state index in [9.17, 15) is 14.4 Å². The average Bonchev–Trinajstić information content (AvgIpc) is 2.98. The van der Waals surface area contributed by atoms with Crippen LogP contribution in [0.2, 0.25) is 0 Å². The van der Waals surface area contributed by atoms with Gasteiger partial charge in [-0.05, 0) is 55.0 Å². The summed E-state index contributed by atoms with van der Waals surface area (Å²) in [6.45, 7) is 3.49. The molecule has 2 aromatic carbocycles. The lowest BCUT2D eigenvalue weighted by Crippen LogP contribution is -2.44. The maximum atomic E-state index is 12.7. The van der Waals surface area contributed by atoms with E-state index in [2.05, 4.69) is 5.43 Å². The predicted molar refractivity (Wildman–Crippen MR) is 118 cm³/mol. The SMILES string of the molecule is CCOc1cc(/C=C2/SC(=S)N(NC(=O)c3ccccc3)C2=O)ccc1OC(C)=O. The maximum absolute atomic E-state index is 12.7. The van der Waals surface area contributed by atoms with E-state index in [1.165, 1.54) is 6.92 Å². The standard InChI is InChI=1S/C21H18N2O5S2/c1-3-27-17-11-14(9-10-16(17)28-13(2)24)12-18-20(26)23(21(29)30-18)22-19(25)15-7-5-4-6-8-15/h4-12H,3H2,1-2H3,(H,22,25)/b18-12+. The van der Waals surface area contributed by atoms with E-state index < -0.39 is 17.8 Å². The van der Waals surface area contributed by atoms with E-state index in [4.69, 9.17) is 21.7 Å². The molecule has 1 aliphatic heterocycles. The van der Waals surface area contributed by atoms with Crippen molar-refractivity contribution in [3.8, 4) is 11.5 Å². The van der Waals surface area contributed by atoms with Crippen molar-refractivity contribution < 1.29 is 23.9 Å². The molecule has 3 rings (SSSR count). The number of hydrogen-bond donors (Lipinski definition) is 1. The zero-order valence-electron chi connectivity index (χ0n) is 16.2. The molecule has 2 amide bonds. The summed E-state index contributed by atoms with van der Waals surface area (Å²) >= 11 is 6.32. The summed E-state index contributed by atoms with van der Waals surface area (Å²) in [6, 6.07) is 13.5. The zero-order chi connectivity index (χ0) is 21.7. The van der Waals surface area contributed by atoms with Crippen LogP contribution in [0.4, 0.5) is 0 Å². The number of carbonyl (C=O) groups excluding carboxylic acids is 3. The number of nitrogens with zero attached hydrogens (tertiary/aromatic N) is 1. The molecule has 1 saturated heterocycles. The minimum atomic E-state index is -0.460. The fourth-order valence-corrected chi connectivity index (χ4v) is 3.77. The van der Waals surface area contributed by atoms with Crippen LogP contribution in [0.15, 0.2) is 53.4 Å². The summed E-state index contributed by atoms with van der Waals surface area (Å²) in [6.07, 6.45) is 1.63. The van der Waals surface area contributed by atoms with Gasteiger partial charge < -0.3 is 9.47 Å². The number of thiocarbonyl (C=S) groups is 1. The zero-order valence-corrected chi connectivity index (χ0v) is 17.8.